The van der Waals surface area contributed by atoms with E-state index in [0.29, 0.717) is 95.4 Å². The van der Waals surface area contributed by atoms with E-state index in [9.17, 15) is 69.0 Å². The summed E-state index contributed by atoms with van der Waals surface area (Å²) in [5.74, 6) is -7.27. The summed E-state index contributed by atoms with van der Waals surface area (Å²) in [6.07, 6.45) is 5.13. The van der Waals surface area contributed by atoms with E-state index in [1.165, 1.54) is 7.11 Å². The van der Waals surface area contributed by atoms with Gasteiger partial charge in [-0.25, -0.2) is 14.4 Å². The fourth-order valence-electron chi connectivity index (χ4n) is 18.8. The van der Waals surface area contributed by atoms with Gasteiger partial charge in [-0.1, -0.05) is 62.8 Å². The van der Waals surface area contributed by atoms with E-state index in [0.717, 1.165) is 52.4 Å². The van der Waals surface area contributed by atoms with Gasteiger partial charge in [0.25, 0.3) is 5.91 Å². The number of amides is 5. The van der Waals surface area contributed by atoms with Crippen LogP contribution in [0.15, 0.2) is 72.8 Å². The third kappa shape index (κ3) is 15.2. The molecule has 6 aliphatic rings. The van der Waals surface area contributed by atoms with Gasteiger partial charge in [0.1, 0.15) is 33.9 Å². The Balaban J connectivity index is 0.799. The maximum absolute atomic E-state index is 15.7. The second kappa shape index (κ2) is 30.8. The molecule has 0 radical (unpaired) electrons. The number of carboxylic acids is 4. The summed E-state index contributed by atoms with van der Waals surface area (Å²) in [6, 6.07) is 15.6. The van der Waals surface area contributed by atoms with Crippen molar-refractivity contribution in [3.63, 3.8) is 0 Å². The molecule has 3 aromatic carbocycles. The predicted molar refractivity (Wildman–Crippen MR) is 399 cm³/mol. The Kier molecular flexibility index (Phi) is 23.3. The molecule has 2 bridgehead atoms. The van der Waals surface area contributed by atoms with Gasteiger partial charge in [-0.15, -0.1) is 0 Å². The highest BCUT2D eigenvalue weighted by molar-refractivity contribution is 6.92. The Morgan fingerprint density at radius 1 is 0.783 bits per heavy atom. The molecule has 28 nitrogen and oxygen atoms in total. The van der Waals surface area contributed by atoms with Gasteiger partial charge >= 0.3 is 35.9 Å². The first kappa shape index (κ1) is 80.3. The molecule has 4 aromatic rings. The Bertz CT molecular complexity index is 4080. The normalized spacial score (nSPS) is 27.4. The number of esters is 1. The largest absolute Gasteiger partial charge is 0.496 e. The van der Waals surface area contributed by atoms with Crippen LogP contribution < -0.4 is 41.4 Å². The average Bonchev–Trinajstić information content (AvgIpc) is 1.47. The number of piperidine rings is 1. The third-order valence-corrected chi connectivity index (χ3v) is 31.4. The molecule has 30 heteroatoms. The van der Waals surface area contributed by atoms with E-state index in [-0.39, 0.29) is 62.3 Å². The molecule has 13 atom stereocenters. The van der Waals surface area contributed by atoms with E-state index in [1.54, 1.807) is 19.2 Å². The minimum atomic E-state index is -2.90. The number of nitrogens with one attached hydrogen (secondary N) is 6. The molecular formula is C76H107N9O19Si2. The van der Waals surface area contributed by atoms with Crippen LogP contribution in [0.5, 0.6) is 5.75 Å². The molecule has 1 aliphatic carbocycles. The van der Waals surface area contributed by atoms with E-state index < -0.39 is 140 Å². The monoisotopic (exact) mass is 1510 g/mol. The number of H-pyrrole nitrogens is 1. The molecule has 578 valence electrons. The highest BCUT2D eigenvalue weighted by Crippen LogP contribution is 2.67. The molecule has 5 aliphatic heterocycles. The average molecular weight is 1510 g/mol. The number of benzene rings is 3. The minimum absolute atomic E-state index is 0.0107. The van der Waals surface area contributed by atoms with Crippen LogP contribution in [-0.2, 0) is 59.7 Å². The van der Waals surface area contributed by atoms with Crippen LogP contribution in [0.3, 0.4) is 0 Å². The summed E-state index contributed by atoms with van der Waals surface area (Å²) < 4.78 is 19.5. The zero-order chi connectivity index (χ0) is 77.5. The number of urea groups is 1. The van der Waals surface area contributed by atoms with E-state index in [4.69, 9.17) is 18.7 Å². The van der Waals surface area contributed by atoms with Crippen LogP contribution in [-0.4, -0.2) is 234 Å². The van der Waals surface area contributed by atoms with Gasteiger partial charge in [-0.05, 0) is 163 Å². The quantitative estimate of drug-likeness (QED) is 0.0133. The summed E-state index contributed by atoms with van der Waals surface area (Å²) in [5.41, 5.74) is -5.26. The van der Waals surface area contributed by atoms with Gasteiger partial charge in [0.05, 0.1) is 38.5 Å². The number of carbonyl (C=O) groups excluding carboxylic acids is 5. The number of ether oxygens (including phenoxy) is 2. The fourth-order valence-corrected chi connectivity index (χ4v) is 27.4. The van der Waals surface area contributed by atoms with Crippen molar-refractivity contribution >= 4 is 92.0 Å². The molecule has 13 N–H and O–H groups in total. The number of aromatic amines is 1. The zero-order valence-electron chi connectivity index (χ0n) is 62.7. The van der Waals surface area contributed by atoms with Gasteiger partial charge in [-0.3, -0.25) is 38.6 Å². The van der Waals surface area contributed by atoms with Crippen molar-refractivity contribution in [3.8, 4) is 5.75 Å². The van der Waals surface area contributed by atoms with Crippen LogP contribution >= 0.6 is 0 Å². The van der Waals surface area contributed by atoms with Crippen molar-refractivity contribution < 1.29 is 92.5 Å². The zero-order valence-corrected chi connectivity index (χ0v) is 64.7. The number of aliphatic hydroxyl groups is 3. The number of unbranched alkanes of at least 4 members (excludes halogenated alkanes) is 2. The fraction of sp³-hybridized carbons (Fsp3) is 0.592. The number of aliphatic hydroxyl groups excluding tert-OH is 1. The molecule has 3 fully saturated rings. The van der Waals surface area contributed by atoms with E-state index >= 15 is 4.79 Å². The van der Waals surface area contributed by atoms with Gasteiger partial charge in [0.2, 0.25) is 20.1 Å². The number of hydrogen-bond donors (Lipinski definition) is 13. The second-order valence-corrected chi connectivity index (χ2v) is 40.3. The number of fused-ring (bicyclic) bond motifs is 6. The van der Waals surface area contributed by atoms with Crippen molar-refractivity contribution in [2.24, 2.45) is 11.3 Å². The molecule has 6 heterocycles. The Labute approximate surface area is 620 Å². The molecule has 1 aromatic heterocycles. The van der Waals surface area contributed by atoms with Crippen molar-refractivity contribution in [3.05, 3.63) is 101 Å². The number of aromatic nitrogens is 1. The molecule has 106 heavy (non-hydrogen) atoms. The third-order valence-electron chi connectivity index (χ3n) is 24.0. The van der Waals surface area contributed by atoms with Crippen LogP contribution in [0, 0.1) is 11.3 Å². The first-order chi connectivity index (χ1) is 49.9. The number of para-hydroxylation sites is 1. The lowest BCUT2D eigenvalue weighted by Gasteiger charge is -2.64. The van der Waals surface area contributed by atoms with Gasteiger partial charge in [0.15, 0.2) is 8.32 Å². The number of rotatable bonds is 31. The van der Waals surface area contributed by atoms with Crippen molar-refractivity contribution in [1.82, 2.24) is 41.4 Å². The first-order valence-electron chi connectivity index (χ1n) is 36.9. The van der Waals surface area contributed by atoms with Gasteiger partial charge in [-0.2, -0.15) is 0 Å². The lowest BCUT2D eigenvalue weighted by molar-refractivity contribution is -0.196. The van der Waals surface area contributed by atoms with Gasteiger partial charge < -0.3 is 85.8 Å². The maximum atomic E-state index is 15.7. The Hall–Kier alpha value is -8.24. The maximum Gasteiger partial charge on any atom is 0.329 e. The van der Waals surface area contributed by atoms with Crippen LogP contribution in [0.2, 0.25) is 32.2 Å². The number of methoxy groups -OCH3 is 2. The summed E-state index contributed by atoms with van der Waals surface area (Å²) in [7, 11) is -0.813. The van der Waals surface area contributed by atoms with Crippen LogP contribution in [0.25, 0.3) is 10.9 Å². The number of carboxylic acid groups (broad SMARTS) is 4. The molecule has 10 rings (SSSR count). The topological polar surface area (TPSA) is 409 Å². The lowest BCUT2D eigenvalue weighted by Crippen LogP contribution is -2.80. The van der Waals surface area contributed by atoms with Gasteiger partial charge in [0, 0.05) is 115 Å². The summed E-state index contributed by atoms with van der Waals surface area (Å²) >= 11 is 0. The number of nitrogens with zero attached hydrogens (tertiary/aromatic N) is 3. The summed E-state index contributed by atoms with van der Waals surface area (Å²) in [5, 5.41) is 92.8. The van der Waals surface area contributed by atoms with Crippen molar-refractivity contribution in [2.45, 2.75) is 207 Å². The highest BCUT2D eigenvalue weighted by atomic mass is 28.4. The number of carbonyl (C=O) groups is 9. The van der Waals surface area contributed by atoms with E-state index in [1.807, 2.05) is 88.4 Å². The predicted octanol–water partition coefficient (Wildman–Crippen LogP) is 5.19. The SMILES string of the molecule is CC[C@]1(O)CC2CN(CCc3c([nH]c4ccccc34)[C@@](C(=O)OC)(c3cc4c(cc3OC)N(C)[C@H]3[C@@](O)(CNC(=O)c5ccc([Si](C)(C)O[Si](C)(C)CC(NC(=O)CCCCCNC(=O)CC[C@](C)(NC(=O)NC(C)(CCC(=O)O)C(=O)O)C(=O)O)C(=O)O)cc5)[C@H](O)[C@]5(CC)C=CCN6CC[C@]43[C@H]65)C2)C1. The Morgan fingerprint density at radius 2 is 1.46 bits per heavy atom. The summed E-state index contributed by atoms with van der Waals surface area (Å²) in [4.78, 5) is 127. The molecule has 1 saturated carbocycles. The highest BCUT2D eigenvalue weighted by Gasteiger charge is 2.77. The second-order valence-electron chi connectivity index (χ2n) is 32.0. The summed E-state index contributed by atoms with van der Waals surface area (Å²) in [6.45, 7) is 16.9. The lowest BCUT2D eigenvalue weighted by atomic mass is 9.47. The van der Waals surface area contributed by atoms with Crippen LogP contribution in [0.1, 0.15) is 144 Å². The van der Waals surface area contributed by atoms with Crippen molar-refractivity contribution in [2.75, 3.05) is 72.0 Å². The van der Waals surface area contributed by atoms with Crippen molar-refractivity contribution in [1.29, 1.82) is 0 Å². The van der Waals surface area contributed by atoms with Crippen LogP contribution in [0.4, 0.5) is 10.5 Å². The Morgan fingerprint density at radius 3 is 2.09 bits per heavy atom. The number of aliphatic carboxylic acids is 4. The minimum Gasteiger partial charge on any atom is -0.496 e. The number of likely N-dealkylation sites (N-methyl/N-ethyl adjacent to an activating group) is 1. The van der Waals surface area contributed by atoms with E-state index in [2.05, 4.69) is 65.7 Å². The molecule has 2 saturated heterocycles. The molecule has 1 spiro atoms. The smallest absolute Gasteiger partial charge is 0.329 e. The first-order valence-corrected chi connectivity index (χ1v) is 43.0. The standard InChI is InChI=1S/C76H107N9O19Si2/c1-12-72(100)40-46-41-75(68(98)103-7,60-50(29-36-84(42-46)45-72)49-20-16-17-21-53(49)80-60)52-38-51-55(39-56(52)102-6)83(5)64-74(51)33-37-85-35-19-30-73(13-2,63(74)85)65(93)76(64,101)44-78-61(90)47-23-25-48(26-24-47)106(10,11)104-105(8,9)43-54(62(91)92)79-58(87)22-15-14-18-34-77-57(86)27-31-70(3,66(94)95)81-69(99)82-71(4,67(96)97)32-28-59(88)89/h16-17,19-21,23-26,30,38-39,46,54,63-65,80,93,100-101H,12-15,18,22,27-29,31-37,40-45H2,1-11H3,(H,77,86)(H,78,90)(H,79,87)(H,88,89)(H,91,92)(H,94,95)(H,96,97)(H2,81,82,99)/t46?,54?,63-,64-,65-,70+,71?,72+,73-,74-,75+,76+/m1/s1. The molecule has 4 unspecified atom stereocenters. The molecule has 5 amide bonds. The number of anilines is 1. The molecular weight excluding hydrogens is 1400 g/mol. The number of hydrogen-bond acceptors (Lipinski definition) is 18.